The van der Waals surface area contributed by atoms with Crippen molar-refractivity contribution in [1.29, 1.82) is 0 Å². The molecule has 0 saturated heterocycles. The molecule has 0 atom stereocenters. The number of carbonyl (C=O) groups is 2. The van der Waals surface area contributed by atoms with Gasteiger partial charge in [0.1, 0.15) is 0 Å². The molecule has 0 heterocycles. The van der Waals surface area contributed by atoms with Crippen LogP contribution >= 0.6 is 13.4 Å². The maximum Gasteiger partial charge on any atom is 0.319 e. The van der Waals surface area contributed by atoms with Gasteiger partial charge in [0.05, 0.1) is 0 Å². The average molecular weight is 361 g/mol. The number of hydrogen-bond donors (Lipinski definition) is 6. The molecule has 0 bridgehead atoms. The highest BCUT2D eigenvalue weighted by molar-refractivity contribution is 8.06. The fourth-order valence-corrected chi connectivity index (χ4v) is 0.0742. The first kappa shape index (κ1) is 31.5. The molecule has 19 heavy (non-hydrogen) atoms. The van der Waals surface area contributed by atoms with Gasteiger partial charge in [0.15, 0.2) is 0 Å². The molecule has 0 aromatic rings. The predicted molar refractivity (Wildman–Crippen MR) is 79.9 cm³/mol. The molecule has 0 aliphatic heterocycles. The first-order chi connectivity index (χ1) is 7.18. The van der Waals surface area contributed by atoms with Crippen molar-refractivity contribution >= 4 is 49.4 Å². The Labute approximate surface area is 122 Å². The van der Waals surface area contributed by atoms with Crippen LogP contribution in [0.4, 0.5) is 0 Å². The molecule has 0 fully saturated rings. The second-order valence-corrected chi connectivity index (χ2v) is 7.25. The van der Waals surface area contributed by atoms with E-state index < -0.39 is 13.4 Å². The number of nitrogens with zero attached hydrogens (tertiary/aromatic N) is 1. The Kier molecular flexibility index (Phi) is 24.2. The molecule has 0 aromatic carbocycles. The molecule has 0 unspecified atom stereocenters. The SMILES string of the molecule is C.C.CC(=O)N(C)C=O.OP(O)(O)=S.OP(O)(O)=S. The molecule has 0 spiro atoms. The van der Waals surface area contributed by atoms with Crippen LogP contribution in [0.5, 0.6) is 0 Å². The van der Waals surface area contributed by atoms with Crippen LogP contribution in [0, 0.1) is 0 Å². The van der Waals surface area contributed by atoms with Crippen molar-refractivity contribution in [1.82, 2.24) is 4.90 Å². The van der Waals surface area contributed by atoms with Gasteiger partial charge in [-0.1, -0.05) is 14.9 Å². The normalized spacial score (nSPS) is 9.05. The molecule has 6 N–H and O–H groups in total. The standard InChI is InChI=1S/C4H7NO2.2CH4.2H3O3PS/c1-4(7)5(2)3-6;;;2*1-4(2,3)5/h3H,1-2H3;2*1H4;2*(H3,1,2,3,5). The quantitative estimate of drug-likeness (QED) is 0.260. The Morgan fingerprint density at radius 1 is 1.00 bits per heavy atom. The van der Waals surface area contributed by atoms with Crippen molar-refractivity contribution in [2.45, 2.75) is 21.8 Å². The highest BCUT2D eigenvalue weighted by Crippen LogP contribution is 2.26. The summed E-state index contributed by atoms with van der Waals surface area (Å²) in [6.45, 7) is -6.28. The molecule has 13 heteroatoms. The highest BCUT2D eigenvalue weighted by Gasteiger charge is 1.94. The summed E-state index contributed by atoms with van der Waals surface area (Å²) in [6, 6.07) is 0. The van der Waals surface area contributed by atoms with Gasteiger partial charge in [-0.2, -0.15) is 0 Å². The van der Waals surface area contributed by atoms with Crippen LogP contribution in [0.3, 0.4) is 0 Å². The fraction of sp³-hybridized carbons (Fsp3) is 0.667. The minimum atomic E-state index is -3.81. The topological polar surface area (TPSA) is 159 Å². The molecule has 0 aromatic heterocycles. The fourth-order valence-electron chi connectivity index (χ4n) is 0.0742. The molecule has 0 saturated carbocycles. The molecular formula is C6H21NO8P2S2. The van der Waals surface area contributed by atoms with E-state index in [9.17, 15) is 9.59 Å². The van der Waals surface area contributed by atoms with Gasteiger partial charge in [-0.25, -0.2) is 0 Å². The Hall–Kier alpha value is 0.200. The summed E-state index contributed by atoms with van der Waals surface area (Å²) in [5.74, 6) is -0.241. The van der Waals surface area contributed by atoms with Gasteiger partial charge < -0.3 is 29.4 Å². The second-order valence-electron chi connectivity index (χ2n) is 2.26. The van der Waals surface area contributed by atoms with Gasteiger partial charge in [-0.3, -0.25) is 14.5 Å². The van der Waals surface area contributed by atoms with E-state index in [1.807, 2.05) is 0 Å². The van der Waals surface area contributed by atoms with Crippen LogP contribution in [0.2, 0.25) is 0 Å². The second kappa shape index (κ2) is 14.6. The highest BCUT2D eigenvalue weighted by atomic mass is 32.5. The summed E-state index contributed by atoms with van der Waals surface area (Å²) in [7, 11) is 1.41. The van der Waals surface area contributed by atoms with Crippen molar-refractivity contribution in [2.24, 2.45) is 0 Å². The molecule has 0 aliphatic rings. The zero-order valence-corrected chi connectivity index (χ0v) is 12.2. The maximum atomic E-state index is 10.1. The van der Waals surface area contributed by atoms with Crippen molar-refractivity contribution in [2.75, 3.05) is 7.05 Å². The Bertz CT molecular complexity index is 291. The van der Waals surface area contributed by atoms with Gasteiger partial charge >= 0.3 is 13.4 Å². The first-order valence-corrected chi connectivity index (χ1v) is 8.76. The predicted octanol–water partition coefficient (Wildman–Crippen LogP) is -0.731. The van der Waals surface area contributed by atoms with E-state index in [2.05, 4.69) is 23.6 Å². The number of hydrogen-bond acceptors (Lipinski definition) is 4. The van der Waals surface area contributed by atoms with Crippen molar-refractivity contribution in [3.05, 3.63) is 0 Å². The lowest BCUT2D eigenvalue weighted by molar-refractivity contribution is -0.134. The third kappa shape index (κ3) is 124. The lowest BCUT2D eigenvalue weighted by atomic mass is 10.6. The Morgan fingerprint density at radius 2 is 1.16 bits per heavy atom. The Balaban J connectivity index is -0.0000000500. The largest absolute Gasteiger partial charge is 0.325 e. The third-order valence-corrected chi connectivity index (χ3v) is 0.655. The monoisotopic (exact) mass is 361 g/mol. The summed E-state index contributed by atoms with van der Waals surface area (Å²) in [6.07, 6.45) is 0.475. The minimum Gasteiger partial charge on any atom is -0.325 e. The van der Waals surface area contributed by atoms with Gasteiger partial charge in [0.2, 0.25) is 12.3 Å². The third-order valence-electron chi connectivity index (χ3n) is 0.655. The first-order valence-electron chi connectivity index (χ1n) is 3.43. The smallest absolute Gasteiger partial charge is 0.319 e. The minimum absolute atomic E-state index is 0. The van der Waals surface area contributed by atoms with E-state index in [1.165, 1.54) is 14.0 Å². The van der Waals surface area contributed by atoms with E-state index in [0.717, 1.165) is 4.90 Å². The number of imide groups is 1. The van der Waals surface area contributed by atoms with Crippen LogP contribution in [0.1, 0.15) is 21.8 Å². The lowest BCUT2D eigenvalue weighted by Gasteiger charge is -2.00. The van der Waals surface area contributed by atoms with Gasteiger partial charge in [0, 0.05) is 14.0 Å². The molecular weight excluding hydrogens is 340 g/mol. The summed E-state index contributed by atoms with van der Waals surface area (Å²) >= 11 is 7.21. The summed E-state index contributed by atoms with van der Waals surface area (Å²) in [5, 5.41) is 0. The maximum absolute atomic E-state index is 10.1. The molecule has 9 nitrogen and oxygen atoms in total. The van der Waals surface area contributed by atoms with Crippen LogP contribution in [0.25, 0.3) is 0 Å². The summed E-state index contributed by atoms with van der Waals surface area (Å²) in [4.78, 5) is 66.0. The van der Waals surface area contributed by atoms with E-state index in [0.29, 0.717) is 6.41 Å². The Morgan fingerprint density at radius 3 is 1.16 bits per heavy atom. The van der Waals surface area contributed by atoms with E-state index >= 15 is 0 Å². The number of carbonyl (C=O) groups excluding carboxylic acids is 2. The number of amides is 2. The lowest BCUT2D eigenvalue weighted by Crippen LogP contribution is -2.21. The number of rotatable bonds is 1. The van der Waals surface area contributed by atoms with E-state index in [-0.39, 0.29) is 20.8 Å². The van der Waals surface area contributed by atoms with Gasteiger partial charge in [0.25, 0.3) is 0 Å². The molecule has 0 rings (SSSR count). The van der Waals surface area contributed by atoms with Crippen LogP contribution in [-0.4, -0.2) is 53.6 Å². The average Bonchev–Trinajstić information content (AvgIpc) is 1.96. The van der Waals surface area contributed by atoms with Crippen LogP contribution < -0.4 is 0 Å². The molecule has 2 amide bonds. The van der Waals surface area contributed by atoms with Crippen LogP contribution in [-0.2, 0) is 33.2 Å². The molecule has 0 radical (unpaired) electrons. The van der Waals surface area contributed by atoms with Gasteiger partial charge in [-0.15, -0.1) is 0 Å². The molecule has 120 valence electrons. The van der Waals surface area contributed by atoms with E-state index in [1.54, 1.807) is 0 Å². The zero-order valence-electron chi connectivity index (χ0n) is 8.74. The van der Waals surface area contributed by atoms with Crippen molar-refractivity contribution < 1.29 is 38.9 Å². The van der Waals surface area contributed by atoms with Gasteiger partial charge in [-0.05, 0) is 23.6 Å². The van der Waals surface area contributed by atoms with Crippen LogP contribution in [0.15, 0.2) is 0 Å². The van der Waals surface area contributed by atoms with Crippen molar-refractivity contribution in [3.63, 3.8) is 0 Å². The summed E-state index contributed by atoms with van der Waals surface area (Å²) < 4.78 is 0. The molecule has 0 aliphatic carbocycles. The zero-order chi connectivity index (χ0) is 14.9. The van der Waals surface area contributed by atoms with E-state index in [4.69, 9.17) is 29.4 Å². The van der Waals surface area contributed by atoms with Crippen molar-refractivity contribution in [3.8, 4) is 0 Å². The summed E-state index contributed by atoms with van der Waals surface area (Å²) in [5.41, 5.74) is 0.